The van der Waals surface area contributed by atoms with Crippen molar-refractivity contribution in [2.24, 2.45) is 0 Å². The quantitative estimate of drug-likeness (QED) is 0.528. The van der Waals surface area contributed by atoms with Gasteiger partial charge < -0.3 is 9.15 Å². The van der Waals surface area contributed by atoms with E-state index in [-0.39, 0.29) is 5.78 Å². The minimum Gasteiger partial charge on any atom is -0.468 e. The third-order valence-corrected chi connectivity index (χ3v) is 5.19. The van der Waals surface area contributed by atoms with Crippen molar-refractivity contribution >= 4 is 11.4 Å². The van der Waals surface area contributed by atoms with Crippen molar-refractivity contribution in [3.05, 3.63) is 77.2 Å². The molecule has 3 aromatic heterocycles. The maximum absolute atomic E-state index is 12.5. The number of ketones is 1. The summed E-state index contributed by atoms with van der Waals surface area (Å²) in [6, 6.07) is 11.6. The molecule has 0 unspecified atom stereocenters. The number of allylic oxidation sites excluding steroid dienone is 2. The van der Waals surface area contributed by atoms with Crippen LogP contribution < -0.4 is 4.74 Å². The molecule has 0 aliphatic carbocycles. The van der Waals surface area contributed by atoms with Crippen LogP contribution >= 0.6 is 0 Å². The fraction of sp³-hybridized carbons (Fsp3) is 0.182. The van der Waals surface area contributed by atoms with Gasteiger partial charge in [-0.1, -0.05) is 24.3 Å². The lowest BCUT2D eigenvalue weighted by molar-refractivity contribution is -0.114. The van der Waals surface area contributed by atoms with Gasteiger partial charge in [-0.2, -0.15) is 0 Å². The highest BCUT2D eigenvalue weighted by Gasteiger charge is 2.37. The molecule has 0 fully saturated rings. The first kappa shape index (κ1) is 17.4. The largest absolute Gasteiger partial charge is 0.468 e. The summed E-state index contributed by atoms with van der Waals surface area (Å²) < 4.78 is 13.2. The molecule has 1 atom stereocenters. The van der Waals surface area contributed by atoms with E-state index in [1.54, 1.807) is 30.1 Å². The van der Waals surface area contributed by atoms with Crippen LogP contribution in [0.15, 0.2) is 64.7 Å². The fourth-order valence-electron chi connectivity index (χ4n) is 3.87. The number of carbonyl (C=O) groups excluding carboxylic acids is 1. The Morgan fingerprint density at radius 1 is 1.14 bits per heavy atom. The molecule has 1 aliphatic heterocycles. The van der Waals surface area contributed by atoms with Crippen LogP contribution in [0, 0.1) is 6.92 Å². The summed E-state index contributed by atoms with van der Waals surface area (Å²) in [5.74, 6) is 1.60. The van der Waals surface area contributed by atoms with Gasteiger partial charge in [0.2, 0.25) is 5.88 Å². The van der Waals surface area contributed by atoms with Crippen LogP contribution in [0.4, 0.5) is 0 Å². The zero-order valence-corrected chi connectivity index (χ0v) is 16.2. The predicted octanol–water partition coefficient (Wildman–Crippen LogP) is 4.08. The zero-order chi connectivity index (χ0) is 20.1. The monoisotopic (exact) mass is 386 g/mol. The van der Waals surface area contributed by atoms with Crippen LogP contribution in [0.2, 0.25) is 0 Å². The molecule has 1 aromatic carbocycles. The van der Waals surface area contributed by atoms with E-state index < -0.39 is 5.92 Å². The minimum atomic E-state index is -0.462. The topological polar surface area (TPSA) is 82.5 Å². The van der Waals surface area contributed by atoms with Gasteiger partial charge in [0.15, 0.2) is 17.3 Å². The second-order valence-electron chi connectivity index (χ2n) is 7.06. The molecule has 7 nitrogen and oxygen atoms in total. The molecule has 0 saturated heterocycles. The maximum Gasteiger partial charge on any atom is 0.228 e. The lowest BCUT2D eigenvalue weighted by atomic mass is 9.85. The molecule has 0 radical (unpaired) electrons. The first-order chi connectivity index (χ1) is 14.0. The SMILES string of the molecule is CC(=O)C1=C(C)Oc2ncn3nc(-c4ccccc4C)nc3c2[C@H]1c1ccco1. The Bertz CT molecular complexity index is 1280. The number of fused-ring (bicyclic) bond motifs is 3. The predicted molar refractivity (Wildman–Crippen MR) is 106 cm³/mol. The normalized spacial score (nSPS) is 16.0. The molecule has 4 aromatic rings. The Labute approximate surface area is 166 Å². The molecule has 0 spiro atoms. The summed E-state index contributed by atoms with van der Waals surface area (Å²) in [5, 5.41) is 4.61. The molecular formula is C22H18N4O3. The molecule has 7 heteroatoms. The van der Waals surface area contributed by atoms with Crippen LogP contribution in [-0.4, -0.2) is 25.4 Å². The highest BCUT2D eigenvalue weighted by Crippen LogP contribution is 2.44. The smallest absolute Gasteiger partial charge is 0.228 e. The molecule has 0 saturated carbocycles. The van der Waals surface area contributed by atoms with E-state index in [9.17, 15) is 4.79 Å². The van der Waals surface area contributed by atoms with E-state index in [0.717, 1.165) is 11.1 Å². The zero-order valence-electron chi connectivity index (χ0n) is 16.2. The van der Waals surface area contributed by atoms with Gasteiger partial charge in [0.1, 0.15) is 17.8 Å². The first-order valence-electron chi connectivity index (χ1n) is 9.29. The van der Waals surface area contributed by atoms with Crippen molar-refractivity contribution in [1.82, 2.24) is 19.6 Å². The Morgan fingerprint density at radius 2 is 1.97 bits per heavy atom. The van der Waals surface area contributed by atoms with Crippen molar-refractivity contribution in [1.29, 1.82) is 0 Å². The van der Waals surface area contributed by atoms with E-state index in [1.807, 2.05) is 37.3 Å². The van der Waals surface area contributed by atoms with Crippen molar-refractivity contribution in [2.45, 2.75) is 26.7 Å². The number of nitrogens with zero attached hydrogens (tertiary/aromatic N) is 4. The maximum atomic E-state index is 12.5. The minimum absolute atomic E-state index is 0.0878. The van der Waals surface area contributed by atoms with Gasteiger partial charge in [-0.05, 0) is 38.5 Å². The molecule has 0 bridgehead atoms. The van der Waals surface area contributed by atoms with Crippen molar-refractivity contribution in [3.8, 4) is 17.3 Å². The third-order valence-electron chi connectivity index (χ3n) is 5.19. The number of aryl methyl sites for hydroxylation is 1. The number of carbonyl (C=O) groups is 1. The van der Waals surface area contributed by atoms with Gasteiger partial charge in [-0.3, -0.25) is 4.79 Å². The Hall–Kier alpha value is -3.74. The molecule has 0 N–H and O–H groups in total. The van der Waals surface area contributed by atoms with E-state index in [0.29, 0.717) is 40.0 Å². The second kappa shape index (κ2) is 6.41. The van der Waals surface area contributed by atoms with Crippen LogP contribution in [0.25, 0.3) is 17.0 Å². The molecule has 1 aliphatic rings. The number of Topliss-reactive ketones (excluding diaryl/α,β-unsaturated/α-hetero) is 1. The van der Waals surface area contributed by atoms with Gasteiger partial charge in [0.05, 0.1) is 17.7 Å². The third kappa shape index (κ3) is 2.66. The number of hydrogen-bond donors (Lipinski definition) is 0. The van der Waals surface area contributed by atoms with Gasteiger partial charge in [-0.15, -0.1) is 5.10 Å². The van der Waals surface area contributed by atoms with Gasteiger partial charge in [-0.25, -0.2) is 14.5 Å². The van der Waals surface area contributed by atoms with E-state index in [1.165, 1.54) is 6.92 Å². The van der Waals surface area contributed by atoms with Gasteiger partial charge >= 0.3 is 0 Å². The lowest BCUT2D eigenvalue weighted by Gasteiger charge is -2.26. The molecule has 5 rings (SSSR count). The summed E-state index contributed by atoms with van der Waals surface area (Å²) in [6.45, 7) is 5.31. The van der Waals surface area contributed by atoms with Crippen molar-refractivity contribution < 1.29 is 13.9 Å². The summed E-state index contributed by atoms with van der Waals surface area (Å²) in [6.07, 6.45) is 3.17. The molecule has 0 amide bonds. The van der Waals surface area contributed by atoms with E-state index in [4.69, 9.17) is 14.1 Å². The number of furan rings is 1. The molecule has 144 valence electrons. The Balaban J connectivity index is 1.79. The van der Waals surface area contributed by atoms with Crippen molar-refractivity contribution in [3.63, 3.8) is 0 Å². The summed E-state index contributed by atoms with van der Waals surface area (Å²) >= 11 is 0. The average molecular weight is 386 g/mol. The molecule has 29 heavy (non-hydrogen) atoms. The summed E-state index contributed by atoms with van der Waals surface area (Å²) in [5.41, 5.74) is 3.80. The fourth-order valence-corrected chi connectivity index (χ4v) is 3.87. The van der Waals surface area contributed by atoms with E-state index >= 15 is 0 Å². The van der Waals surface area contributed by atoms with Gasteiger partial charge in [0.25, 0.3) is 0 Å². The second-order valence-corrected chi connectivity index (χ2v) is 7.06. The average Bonchev–Trinajstić information content (AvgIpc) is 3.36. The van der Waals surface area contributed by atoms with Crippen LogP contribution in [-0.2, 0) is 4.79 Å². The number of aromatic nitrogens is 4. The number of benzene rings is 1. The highest BCUT2D eigenvalue weighted by atomic mass is 16.5. The number of rotatable bonds is 3. The molecular weight excluding hydrogens is 368 g/mol. The molecule has 4 heterocycles. The van der Waals surface area contributed by atoms with Crippen LogP contribution in [0.5, 0.6) is 5.88 Å². The Kier molecular flexibility index (Phi) is 3.84. The summed E-state index contributed by atoms with van der Waals surface area (Å²) in [7, 11) is 0. The summed E-state index contributed by atoms with van der Waals surface area (Å²) in [4.78, 5) is 21.7. The van der Waals surface area contributed by atoms with E-state index in [2.05, 4.69) is 10.1 Å². The van der Waals surface area contributed by atoms with Crippen LogP contribution in [0.1, 0.15) is 36.7 Å². The highest BCUT2D eigenvalue weighted by molar-refractivity contribution is 5.97. The lowest BCUT2D eigenvalue weighted by Crippen LogP contribution is -2.21. The van der Waals surface area contributed by atoms with Crippen molar-refractivity contribution in [2.75, 3.05) is 0 Å². The van der Waals surface area contributed by atoms with Crippen LogP contribution in [0.3, 0.4) is 0 Å². The first-order valence-corrected chi connectivity index (χ1v) is 9.29. The van der Waals surface area contributed by atoms with Gasteiger partial charge in [0, 0.05) is 11.1 Å². The number of hydrogen-bond acceptors (Lipinski definition) is 6. The Morgan fingerprint density at radius 3 is 2.69 bits per heavy atom. The number of ether oxygens (including phenoxy) is 1. The standard InChI is InChI=1S/C22H18N4O3/c1-12-7-4-5-8-15(12)20-24-21-19-18(16-9-6-10-28-16)17(13(2)27)14(3)29-22(19)23-11-26(21)25-20/h4-11,18H,1-3H3/t18-/m0/s1.